The molecule has 0 unspecified atom stereocenters. The second-order valence-corrected chi connectivity index (χ2v) is 29.5. The zero-order chi connectivity index (χ0) is 76.9. The number of hydrogen-bond donors (Lipinski definition) is 0. The number of nitrogens with zero attached hydrogens (tertiary/aromatic N) is 8. The van der Waals surface area contributed by atoms with Crippen LogP contribution in [-0.2, 0) is 0 Å². The molecule has 0 saturated heterocycles. The molecule has 17 aromatic carbocycles. The first kappa shape index (κ1) is 67.0. The molecule has 8 nitrogen and oxygen atoms in total. The number of aryl methyl sites for hydroxylation is 1. The third kappa shape index (κ3) is 10.9. The van der Waals surface area contributed by atoms with Gasteiger partial charge in [0.1, 0.15) is 12.1 Å². The highest BCUT2D eigenvalue weighted by Crippen LogP contribution is 2.55. The van der Waals surface area contributed by atoms with Crippen molar-refractivity contribution in [2.24, 2.45) is 0 Å². The lowest BCUT2D eigenvalue weighted by atomic mass is 9.88. The van der Waals surface area contributed by atoms with Crippen LogP contribution in [0.1, 0.15) is 16.7 Å². The minimum absolute atomic E-state index is 0.0800. The van der Waals surface area contributed by atoms with Crippen LogP contribution in [0.15, 0.2) is 370 Å². The normalized spacial score (nSPS) is 11.5. The lowest BCUT2D eigenvalue weighted by Gasteiger charge is -2.24. The molecule has 0 aliphatic carbocycles. The quantitative estimate of drug-likeness (QED) is 0.114. The lowest BCUT2D eigenvalue weighted by Crippen LogP contribution is -2.09. The van der Waals surface area contributed by atoms with E-state index in [1.54, 1.807) is 0 Å². The Hall–Kier alpha value is -16.1. The van der Waals surface area contributed by atoms with Crippen molar-refractivity contribution in [1.82, 2.24) is 18.3 Å². The fourth-order valence-electron chi connectivity index (χ4n) is 17.8. The third-order valence-corrected chi connectivity index (χ3v) is 23.1. The van der Waals surface area contributed by atoms with Gasteiger partial charge in [-0.15, -0.1) is 0 Å². The fraction of sp³-hybridized carbons (Fsp3) is 0.00935. The molecule has 0 saturated carbocycles. The second kappa shape index (κ2) is 27.2. The Labute approximate surface area is 663 Å². The van der Waals surface area contributed by atoms with Gasteiger partial charge in [-0.25, -0.2) is 9.69 Å². The highest BCUT2D eigenvalue weighted by Gasteiger charge is 2.34. The van der Waals surface area contributed by atoms with Crippen molar-refractivity contribution in [3.8, 4) is 124 Å². The van der Waals surface area contributed by atoms with Crippen molar-refractivity contribution in [2.75, 3.05) is 0 Å². The topological polar surface area (TPSA) is 76.0 Å². The first-order chi connectivity index (χ1) is 56.8. The van der Waals surface area contributed by atoms with E-state index >= 15 is 0 Å². The van der Waals surface area contributed by atoms with Crippen molar-refractivity contribution < 1.29 is 0 Å². The Kier molecular flexibility index (Phi) is 15.8. The number of rotatable bonds is 12. The summed E-state index contributed by atoms with van der Waals surface area (Å²) in [4.78, 5) is 9.57. The average Bonchev–Trinajstić information content (AvgIpc) is 1.61. The molecule has 0 bridgehead atoms. The molecule has 21 rings (SSSR count). The molecule has 532 valence electrons. The predicted octanol–water partition coefficient (Wildman–Crippen LogP) is 28.6. The molecule has 0 fully saturated rings. The van der Waals surface area contributed by atoms with E-state index in [1.165, 1.54) is 0 Å². The minimum Gasteiger partial charge on any atom is -0.319 e. The van der Waals surface area contributed by atoms with Crippen LogP contribution in [0.25, 0.3) is 209 Å². The van der Waals surface area contributed by atoms with Gasteiger partial charge in [0.05, 0.1) is 91.2 Å². The maximum absolute atomic E-state index is 13.1. The standard InChI is InChI=1S/C107H64N8/c1-67-39-47-92-82(55-67)83-56-75(68-25-11-4-12-26-68)44-52-97(83)114(92)102-64-103(115-98-53-45-80(73-35-21-9-22-36-73)61-88(98)89-62-81(46-54-99(89)115)74-37-23-10-24-38-74)107(111-3)105(106(102)110-2)104-90(65-108)100(112-93-48-40-76(69-27-13-5-14-28-69)57-84(93)85-58-77(41-49-94(85)112)70-29-15-6-16-30-70)63-101(91(104)66-109)113-95-50-42-78(71-31-17-7-18-32-71)59-86(95)87-60-79(43-51-96(87)113)72-33-19-8-20-34-72/h4-64H,1H3. The summed E-state index contributed by atoms with van der Waals surface area (Å²) in [7, 11) is 0. The summed E-state index contributed by atoms with van der Waals surface area (Å²) >= 11 is 0. The molecule has 4 aromatic heterocycles. The van der Waals surface area contributed by atoms with E-state index in [-0.39, 0.29) is 33.6 Å². The molecular formula is C107H64N8. The van der Waals surface area contributed by atoms with Crippen molar-refractivity contribution in [2.45, 2.75) is 6.92 Å². The Morgan fingerprint density at radius 2 is 0.417 bits per heavy atom. The molecule has 0 aliphatic rings. The van der Waals surface area contributed by atoms with Gasteiger partial charge in [-0.1, -0.05) is 266 Å². The van der Waals surface area contributed by atoms with E-state index < -0.39 is 0 Å². The summed E-state index contributed by atoms with van der Waals surface area (Å²) < 4.78 is 8.71. The summed E-state index contributed by atoms with van der Waals surface area (Å²) in [6, 6.07) is 135. The van der Waals surface area contributed by atoms with Gasteiger partial charge in [0.25, 0.3) is 0 Å². The van der Waals surface area contributed by atoms with Gasteiger partial charge in [-0.2, -0.15) is 10.5 Å². The zero-order valence-electron chi connectivity index (χ0n) is 62.3. The van der Waals surface area contributed by atoms with Gasteiger partial charge in [0.15, 0.2) is 0 Å². The molecule has 115 heavy (non-hydrogen) atoms. The van der Waals surface area contributed by atoms with E-state index in [4.69, 9.17) is 9.69 Å². The molecule has 8 heteroatoms. The molecule has 4 heterocycles. The van der Waals surface area contributed by atoms with Crippen LogP contribution < -0.4 is 0 Å². The average molecular weight is 1460 g/mol. The Morgan fingerprint density at radius 3 is 0.635 bits per heavy atom. The van der Waals surface area contributed by atoms with Crippen LogP contribution in [0.5, 0.6) is 0 Å². The molecule has 0 atom stereocenters. The van der Waals surface area contributed by atoms with Gasteiger partial charge >= 0.3 is 0 Å². The van der Waals surface area contributed by atoms with E-state index in [9.17, 15) is 23.7 Å². The molecule has 0 spiro atoms. The first-order valence-corrected chi connectivity index (χ1v) is 38.5. The first-order valence-electron chi connectivity index (χ1n) is 38.5. The van der Waals surface area contributed by atoms with Gasteiger partial charge < -0.3 is 18.3 Å². The van der Waals surface area contributed by atoms with Gasteiger partial charge in [-0.05, 0) is 200 Å². The van der Waals surface area contributed by atoms with E-state index in [2.05, 4.69) is 353 Å². The van der Waals surface area contributed by atoms with Crippen LogP contribution in [0.3, 0.4) is 0 Å². The lowest BCUT2D eigenvalue weighted by molar-refractivity contribution is 1.12. The van der Waals surface area contributed by atoms with Crippen molar-refractivity contribution in [3.63, 3.8) is 0 Å². The molecule has 0 N–H and O–H groups in total. The Balaban J connectivity index is 0.955. The second-order valence-electron chi connectivity index (χ2n) is 29.5. The van der Waals surface area contributed by atoms with Crippen LogP contribution in [0.4, 0.5) is 11.4 Å². The van der Waals surface area contributed by atoms with Crippen molar-refractivity contribution in [3.05, 3.63) is 410 Å². The minimum atomic E-state index is 0.0800. The van der Waals surface area contributed by atoms with Crippen molar-refractivity contribution in [1.29, 1.82) is 10.5 Å². The van der Waals surface area contributed by atoms with E-state index in [0.29, 0.717) is 22.7 Å². The number of nitriles is 2. The largest absolute Gasteiger partial charge is 0.319 e. The number of hydrogen-bond acceptors (Lipinski definition) is 2. The summed E-state index contributed by atoms with van der Waals surface area (Å²) in [5, 5.41) is 33.7. The maximum atomic E-state index is 13.1. The summed E-state index contributed by atoms with van der Waals surface area (Å²) in [5.74, 6) is 0. The van der Waals surface area contributed by atoms with Crippen molar-refractivity contribution >= 4 is 98.6 Å². The van der Waals surface area contributed by atoms with Crippen LogP contribution in [-0.4, -0.2) is 18.3 Å². The van der Waals surface area contributed by atoms with Crippen LogP contribution >= 0.6 is 0 Å². The summed E-state index contributed by atoms with van der Waals surface area (Å²) in [6.07, 6.45) is 0. The SMILES string of the molecule is [C-]#[N+]c1c(-n2c3ccc(C)cc3c3cc(-c4ccccc4)ccc32)cc(-n2c3ccc(-c4ccccc4)cc3c3cc(-c4ccccc4)ccc32)c([N+]#[C-])c1-c1c(C#N)c(-n2c3ccc(-c4ccccc4)cc3c3cc(-c4ccccc4)ccc32)cc(-n2c3ccc(-c4ccccc4)cc3c3cc(-c4ccccc4)ccc32)c1C#N. The maximum Gasteiger partial charge on any atom is 0.208 e. The number of benzene rings is 17. The van der Waals surface area contributed by atoms with Gasteiger partial charge in [0, 0.05) is 48.7 Å². The highest BCUT2D eigenvalue weighted by molar-refractivity contribution is 6.18. The van der Waals surface area contributed by atoms with E-state index in [0.717, 1.165) is 171 Å². The molecule has 0 amide bonds. The van der Waals surface area contributed by atoms with Crippen LogP contribution in [0.2, 0.25) is 0 Å². The monoisotopic (exact) mass is 1460 g/mol. The highest BCUT2D eigenvalue weighted by atomic mass is 15.1. The number of fused-ring (bicyclic) bond motifs is 12. The van der Waals surface area contributed by atoms with Gasteiger partial charge in [0.2, 0.25) is 11.4 Å². The molecule has 21 aromatic rings. The summed E-state index contributed by atoms with van der Waals surface area (Å²) in [6.45, 7) is 22.4. The predicted molar refractivity (Wildman–Crippen MR) is 474 cm³/mol. The zero-order valence-corrected chi connectivity index (χ0v) is 62.3. The van der Waals surface area contributed by atoms with Crippen LogP contribution in [0, 0.1) is 42.7 Å². The fourth-order valence-corrected chi connectivity index (χ4v) is 17.8. The molecule has 0 radical (unpaired) electrons. The van der Waals surface area contributed by atoms with E-state index in [1.807, 2.05) is 54.6 Å². The number of aromatic nitrogens is 4. The Bertz CT molecular complexity index is 7250. The molecular weight excluding hydrogens is 1400 g/mol. The third-order valence-electron chi connectivity index (χ3n) is 23.1. The van der Waals surface area contributed by atoms with Gasteiger partial charge in [-0.3, -0.25) is 0 Å². The smallest absolute Gasteiger partial charge is 0.208 e. The molecule has 0 aliphatic heterocycles. The summed E-state index contributed by atoms with van der Waals surface area (Å²) in [5.41, 5.74) is 24.4. The Morgan fingerprint density at radius 1 is 0.217 bits per heavy atom.